The average Bonchev–Trinajstić information content (AvgIpc) is 3.90. The van der Waals surface area contributed by atoms with Gasteiger partial charge in [-0.2, -0.15) is 10.1 Å². The quantitative estimate of drug-likeness (QED) is 0.126. The number of imide groups is 1. The van der Waals surface area contributed by atoms with Crippen LogP contribution in [0.5, 0.6) is 0 Å². The Hall–Kier alpha value is -6.21. The molecule has 1 aliphatic carbocycles. The lowest BCUT2D eigenvalue weighted by Gasteiger charge is -2.47. The van der Waals surface area contributed by atoms with Gasteiger partial charge in [0.2, 0.25) is 17.7 Å². The number of anilines is 1. The van der Waals surface area contributed by atoms with Gasteiger partial charge in [0.15, 0.2) is 5.65 Å². The van der Waals surface area contributed by atoms with Crippen molar-refractivity contribution in [2.75, 3.05) is 31.1 Å². The van der Waals surface area contributed by atoms with Crippen molar-refractivity contribution in [2.24, 2.45) is 0 Å². The molecule has 6 aromatic rings. The molecule has 3 aromatic carbocycles. The van der Waals surface area contributed by atoms with E-state index in [9.17, 15) is 14.4 Å². The topological polar surface area (TPSA) is 162 Å². The number of nitrogens with zero attached hydrogens (tertiary/aromatic N) is 6. The molecular weight excluding hydrogens is 755 g/mol. The van der Waals surface area contributed by atoms with Crippen LogP contribution >= 0.6 is 0 Å². The minimum Gasteiger partial charge on any atom is -0.369 e. The van der Waals surface area contributed by atoms with Crippen LogP contribution in [0, 0.1) is 6.92 Å². The summed E-state index contributed by atoms with van der Waals surface area (Å²) >= 11 is 0. The summed E-state index contributed by atoms with van der Waals surface area (Å²) in [6.07, 6.45) is 5.20. The van der Waals surface area contributed by atoms with Crippen LogP contribution in [0.3, 0.4) is 0 Å². The second-order valence-corrected chi connectivity index (χ2v) is 17.7. The molecule has 13 heteroatoms. The molecule has 2 saturated heterocycles. The predicted octanol–water partition coefficient (Wildman–Crippen LogP) is 7.36. The van der Waals surface area contributed by atoms with Crippen molar-refractivity contribution in [2.45, 2.75) is 89.6 Å². The van der Waals surface area contributed by atoms with E-state index in [2.05, 4.69) is 101 Å². The van der Waals surface area contributed by atoms with Crippen LogP contribution in [0.2, 0.25) is 0 Å². The molecule has 1 saturated carbocycles. The summed E-state index contributed by atoms with van der Waals surface area (Å²) < 4.78 is 5.31. The number of piperazine rings is 1. The SMILES string of the molecule is Cc1cc(-c2n[nH]c3ncc(-c4ccc(N5CCN([C@H]6C[C@@H](c7ccc(C8CCC(=O)NC8=O)cc7)C6)CC5)cc4)cc23)ccc1[C@@H](C)NC(=O)c1noc(C(C)(C)C)n1. The van der Waals surface area contributed by atoms with Gasteiger partial charge >= 0.3 is 0 Å². The number of aromatic amines is 1. The normalized spacial score (nSPS) is 20.5. The molecular formula is C47H51N9O4. The maximum atomic E-state index is 12.9. The molecule has 13 nitrogen and oxygen atoms in total. The third-order valence-electron chi connectivity index (χ3n) is 12.6. The molecule has 3 aliphatic rings. The Labute approximate surface area is 349 Å². The van der Waals surface area contributed by atoms with Crippen LogP contribution in [-0.4, -0.2) is 80.2 Å². The van der Waals surface area contributed by atoms with Crippen molar-refractivity contribution >= 4 is 34.4 Å². The van der Waals surface area contributed by atoms with Gasteiger partial charge in [0.1, 0.15) is 5.69 Å². The molecule has 0 radical (unpaired) electrons. The number of aryl methyl sites for hydroxylation is 1. The first-order chi connectivity index (χ1) is 28.9. The molecule has 3 amide bonds. The van der Waals surface area contributed by atoms with E-state index in [-0.39, 0.29) is 40.9 Å². The number of fused-ring (bicyclic) bond motifs is 1. The monoisotopic (exact) mass is 805 g/mol. The highest BCUT2D eigenvalue weighted by atomic mass is 16.5. The number of benzene rings is 3. The largest absolute Gasteiger partial charge is 0.369 e. The first kappa shape index (κ1) is 39.3. The molecule has 60 heavy (non-hydrogen) atoms. The Morgan fingerprint density at radius 3 is 2.30 bits per heavy atom. The highest BCUT2D eigenvalue weighted by Gasteiger charge is 2.36. The van der Waals surface area contributed by atoms with Gasteiger partial charge in [-0.15, -0.1) is 0 Å². The van der Waals surface area contributed by atoms with Crippen molar-refractivity contribution in [1.82, 2.24) is 40.9 Å². The molecule has 3 fully saturated rings. The summed E-state index contributed by atoms with van der Waals surface area (Å²) in [4.78, 5) is 50.9. The first-order valence-corrected chi connectivity index (χ1v) is 21.0. The molecule has 5 heterocycles. The van der Waals surface area contributed by atoms with Gasteiger partial charge in [-0.1, -0.05) is 74.5 Å². The lowest BCUT2D eigenvalue weighted by molar-refractivity contribution is -0.134. The smallest absolute Gasteiger partial charge is 0.293 e. The maximum Gasteiger partial charge on any atom is 0.293 e. The summed E-state index contributed by atoms with van der Waals surface area (Å²) in [7, 11) is 0. The first-order valence-electron chi connectivity index (χ1n) is 21.0. The predicted molar refractivity (Wildman–Crippen MR) is 229 cm³/mol. The van der Waals surface area contributed by atoms with Crippen molar-refractivity contribution in [3.8, 4) is 22.4 Å². The van der Waals surface area contributed by atoms with Crippen molar-refractivity contribution < 1.29 is 18.9 Å². The fourth-order valence-electron chi connectivity index (χ4n) is 8.93. The van der Waals surface area contributed by atoms with E-state index in [1.807, 2.05) is 52.9 Å². The van der Waals surface area contributed by atoms with E-state index in [4.69, 9.17) is 9.51 Å². The number of carbonyl (C=O) groups is 3. The zero-order valence-corrected chi connectivity index (χ0v) is 34.8. The van der Waals surface area contributed by atoms with Crippen LogP contribution in [0.1, 0.15) is 110 Å². The highest BCUT2D eigenvalue weighted by molar-refractivity contribution is 6.01. The van der Waals surface area contributed by atoms with Gasteiger partial charge in [0.25, 0.3) is 11.7 Å². The van der Waals surface area contributed by atoms with E-state index < -0.39 is 0 Å². The molecule has 0 spiro atoms. The molecule has 2 aliphatic heterocycles. The maximum absolute atomic E-state index is 12.9. The van der Waals surface area contributed by atoms with E-state index in [0.29, 0.717) is 30.7 Å². The zero-order valence-electron chi connectivity index (χ0n) is 34.8. The Morgan fingerprint density at radius 1 is 0.900 bits per heavy atom. The van der Waals surface area contributed by atoms with Crippen LogP contribution < -0.4 is 15.5 Å². The van der Waals surface area contributed by atoms with Crippen molar-refractivity contribution in [3.05, 3.63) is 113 Å². The zero-order chi connectivity index (χ0) is 41.7. The van der Waals surface area contributed by atoms with Crippen LogP contribution in [0.4, 0.5) is 5.69 Å². The summed E-state index contributed by atoms with van der Waals surface area (Å²) in [6, 6.07) is 25.9. The van der Waals surface area contributed by atoms with Crippen LogP contribution in [-0.2, 0) is 15.0 Å². The number of H-pyrrole nitrogens is 1. The number of amides is 3. The minimum atomic E-state index is -0.383. The third kappa shape index (κ3) is 7.81. The van der Waals surface area contributed by atoms with E-state index >= 15 is 0 Å². The second-order valence-electron chi connectivity index (χ2n) is 17.7. The van der Waals surface area contributed by atoms with Gasteiger partial charge in [-0.05, 0) is 91.1 Å². The summed E-state index contributed by atoms with van der Waals surface area (Å²) in [5, 5.41) is 18.1. The fraction of sp³-hybridized carbons (Fsp3) is 0.383. The molecule has 9 rings (SSSR count). The summed E-state index contributed by atoms with van der Waals surface area (Å²) in [5.41, 5.74) is 9.85. The highest BCUT2D eigenvalue weighted by Crippen LogP contribution is 2.41. The lowest BCUT2D eigenvalue weighted by Crippen LogP contribution is -2.53. The molecule has 308 valence electrons. The minimum absolute atomic E-state index is 0.0231. The molecule has 0 bridgehead atoms. The Morgan fingerprint density at radius 2 is 1.62 bits per heavy atom. The van der Waals surface area contributed by atoms with Gasteiger partial charge < -0.3 is 14.7 Å². The van der Waals surface area contributed by atoms with Crippen molar-refractivity contribution in [3.63, 3.8) is 0 Å². The number of pyridine rings is 1. The second kappa shape index (κ2) is 15.8. The fourth-order valence-corrected chi connectivity index (χ4v) is 8.93. The van der Waals surface area contributed by atoms with E-state index in [1.165, 1.54) is 11.3 Å². The van der Waals surface area contributed by atoms with Crippen LogP contribution in [0.25, 0.3) is 33.4 Å². The number of hydrogen-bond acceptors (Lipinski definition) is 10. The lowest BCUT2D eigenvalue weighted by atomic mass is 9.74. The van der Waals surface area contributed by atoms with Crippen molar-refractivity contribution in [1.29, 1.82) is 0 Å². The van der Waals surface area contributed by atoms with E-state index in [1.54, 1.807) is 0 Å². The Kier molecular flexibility index (Phi) is 10.3. The average molecular weight is 806 g/mol. The van der Waals surface area contributed by atoms with Gasteiger partial charge in [0, 0.05) is 72.5 Å². The summed E-state index contributed by atoms with van der Waals surface area (Å²) in [5.74, 6) is 0.0240. The molecule has 1 unspecified atom stereocenters. The van der Waals surface area contributed by atoms with Gasteiger partial charge in [-0.3, -0.25) is 29.7 Å². The Balaban J connectivity index is 0.794. The number of hydrogen-bond donors (Lipinski definition) is 3. The third-order valence-corrected chi connectivity index (χ3v) is 12.6. The number of nitrogens with one attached hydrogen (secondary N) is 3. The molecule has 3 aromatic heterocycles. The summed E-state index contributed by atoms with van der Waals surface area (Å²) in [6.45, 7) is 13.9. The number of aromatic nitrogens is 5. The number of rotatable bonds is 9. The Bertz CT molecular complexity index is 2560. The van der Waals surface area contributed by atoms with Crippen LogP contribution in [0.15, 0.2) is 83.5 Å². The van der Waals surface area contributed by atoms with Gasteiger partial charge in [0.05, 0.1) is 12.0 Å². The van der Waals surface area contributed by atoms with E-state index in [0.717, 1.165) is 89.1 Å². The van der Waals surface area contributed by atoms with Gasteiger partial charge in [-0.25, -0.2) is 4.98 Å². The molecule has 2 atom stereocenters. The number of piperidine rings is 1. The standard InChI is InChI=1S/C47H51N9O4/c1-27-22-32(12-15-37(27)28(2)49-45(59)43-51-46(60-54-43)47(3,4)5)41-39-25-34(26-48-42(39)53-52-41)30-10-13-35(14-11-30)55-18-20-56(21-19-55)36-23-33(24-36)29-6-8-31(9-7-29)38-16-17-40(57)50-44(38)58/h6-15,22,25-26,28,33,36,38H,16-21,23-24H2,1-5H3,(H,49,59)(H,48,52,53)(H,50,57,58)/t28-,33-,36+,38?/m1/s1. The number of carbonyl (C=O) groups excluding carboxylic acids is 3. The molecule has 3 N–H and O–H groups in total.